The molecule has 1 rings (SSSR count). The molecule has 1 unspecified atom stereocenters. The molecule has 0 amide bonds. The van der Waals surface area contributed by atoms with Crippen molar-refractivity contribution < 1.29 is 17.9 Å². The molecule has 4 N–H and O–H groups in total. The van der Waals surface area contributed by atoms with E-state index in [1.165, 1.54) is 6.92 Å². The van der Waals surface area contributed by atoms with Gasteiger partial charge in [0.2, 0.25) is 10.0 Å². The van der Waals surface area contributed by atoms with Crippen LogP contribution in [-0.2, 0) is 10.0 Å². The summed E-state index contributed by atoms with van der Waals surface area (Å²) in [6.07, 6.45) is 0.357. The highest BCUT2D eigenvalue weighted by Gasteiger charge is 2.30. The molecular weight excluding hydrogens is 339 g/mol. The second-order valence-electron chi connectivity index (χ2n) is 4.48. The molecule has 108 valence electrons. The fourth-order valence-corrected chi connectivity index (χ4v) is 3.23. The SMILES string of the molecule is CCC(C)(CO)NS(=O)(=O)c1cc(N)c(Br)cc1F. The summed E-state index contributed by atoms with van der Waals surface area (Å²) in [4.78, 5) is -0.540. The van der Waals surface area contributed by atoms with Gasteiger partial charge in [0.05, 0.1) is 12.1 Å². The zero-order valence-electron chi connectivity index (χ0n) is 10.6. The van der Waals surface area contributed by atoms with Gasteiger partial charge >= 0.3 is 0 Å². The maximum absolute atomic E-state index is 13.7. The molecule has 0 spiro atoms. The predicted molar refractivity (Wildman–Crippen MR) is 74.6 cm³/mol. The molecule has 0 bridgehead atoms. The number of rotatable bonds is 5. The zero-order chi connectivity index (χ0) is 14.8. The van der Waals surface area contributed by atoms with Gasteiger partial charge < -0.3 is 10.8 Å². The molecule has 0 aliphatic rings. The van der Waals surface area contributed by atoms with Gasteiger partial charge in [0.15, 0.2) is 0 Å². The number of aliphatic hydroxyl groups is 1. The van der Waals surface area contributed by atoms with Crippen molar-refractivity contribution in [1.29, 1.82) is 0 Å². The van der Waals surface area contributed by atoms with Crippen molar-refractivity contribution in [2.45, 2.75) is 30.7 Å². The Balaban J connectivity index is 3.25. The molecule has 19 heavy (non-hydrogen) atoms. The fourth-order valence-electron chi connectivity index (χ4n) is 1.35. The van der Waals surface area contributed by atoms with Crippen molar-refractivity contribution in [3.05, 3.63) is 22.4 Å². The van der Waals surface area contributed by atoms with Gasteiger partial charge in [-0.05, 0) is 41.4 Å². The molecule has 0 aromatic heterocycles. The molecule has 0 aliphatic carbocycles. The monoisotopic (exact) mass is 354 g/mol. The zero-order valence-corrected chi connectivity index (χ0v) is 13.0. The molecule has 1 atom stereocenters. The van der Waals surface area contributed by atoms with E-state index in [0.29, 0.717) is 6.42 Å². The first-order chi connectivity index (χ1) is 8.65. The van der Waals surface area contributed by atoms with Crippen LogP contribution in [0.4, 0.5) is 10.1 Å². The van der Waals surface area contributed by atoms with E-state index < -0.39 is 32.9 Å². The van der Waals surface area contributed by atoms with Gasteiger partial charge in [-0.3, -0.25) is 0 Å². The lowest BCUT2D eigenvalue weighted by Crippen LogP contribution is -2.48. The molecular formula is C11H16BrFN2O3S. The molecule has 0 fully saturated rings. The minimum absolute atomic E-state index is 0.115. The average Bonchev–Trinajstić information content (AvgIpc) is 2.33. The highest BCUT2D eigenvalue weighted by molar-refractivity contribution is 9.10. The minimum atomic E-state index is -4.10. The number of aliphatic hydroxyl groups excluding tert-OH is 1. The van der Waals surface area contributed by atoms with Gasteiger partial charge in [-0.1, -0.05) is 6.92 Å². The van der Waals surface area contributed by atoms with Crippen LogP contribution in [0.5, 0.6) is 0 Å². The molecule has 8 heteroatoms. The topological polar surface area (TPSA) is 92.4 Å². The Bertz CT molecular complexity index is 574. The number of hydrogen-bond donors (Lipinski definition) is 3. The second kappa shape index (κ2) is 5.74. The lowest BCUT2D eigenvalue weighted by molar-refractivity contribution is 0.191. The number of nitrogen functional groups attached to an aromatic ring is 1. The number of benzene rings is 1. The highest BCUT2D eigenvalue weighted by atomic mass is 79.9. The van der Waals surface area contributed by atoms with Crippen LogP contribution in [0.25, 0.3) is 0 Å². The van der Waals surface area contributed by atoms with E-state index in [2.05, 4.69) is 20.7 Å². The van der Waals surface area contributed by atoms with Gasteiger partial charge in [-0.25, -0.2) is 17.5 Å². The summed E-state index contributed by atoms with van der Waals surface area (Å²) < 4.78 is 40.5. The first-order valence-corrected chi connectivity index (χ1v) is 7.82. The molecule has 5 nitrogen and oxygen atoms in total. The van der Waals surface area contributed by atoms with Crippen molar-refractivity contribution >= 4 is 31.6 Å². The molecule has 0 saturated carbocycles. The summed E-state index contributed by atoms with van der Waals surface area (Å²) in [5, 5.41) is 9.21. The van der Waals surface area contributed by atoms with Crippen molar-refractivity contribution in [3.63, 3.8) is 0 Å². The van der Waals surface area contributed by atoms with Crippen LogP contribution in [0.1, 0.15) is 20.3 Å². The Kier molecular flexibility index (Phi) is 4.94. The van der Waals surface area contributed by atoms with Crippen LogP contribution in [0.15, 0.2) is 21.5 Å². The van der Waals surface area contributed by atoms with Crippen molar-refractivity contribution in [2.75, 3.05) is 12.3 Å². The Hall–Kier alpha value is -0.700. The van der Waals surface area contributed by atoms with Gasteiger partial charge in [0, 0.05) is 10.2 Å². The highest BCUT2D eigenvalue weighted by Crippen LogP contribution is 2.27. The lowest BCUT2D eigenvalue weighted by atomic mass is 10.0. The first kappa shape index (κ1) is 16.4. The standard InChI is InChI=1S/C11H16BrFN2O3S/c1-3-11(2,6-16)15-19(17,18)10-5-9(14)7(12)4-8(10)13/h4-5,15-16H,3,6,14H2,1-2H3. The van der Waals surface area contributed by atoms with Gasteiger partial charge in [-0.2, -0.15) is 0 Å². The number of halogens is 2. The maximum atomic E-state index is 13.7. The number of sulfonamides is 1. The fraction of sp³-hybridized carbons (Fsp3) is 0.455. The van der Waals surface area contributed by atoms with Gasteiger partial charge in [0.1, 0.15) is 10.7 Å². The summed E-state index contributed by atoms with van der Waals surface area (Å²) in [6.45, 7) is 2.85. The molecule has 0 heterocycles. The van der Waals surface area contributed by atoms with Gasteiger partial charge in [-0.15, -0.1) is 0 Å². The van der Waals surface area contributed by atoms with Crippen molar-refractivity contribution in [3.8, 4) is 0 Å². The number of nitrogens with one attached hydrogen (secondary N) is 1. The van der Waals surface area contributed by atoms with E-state index in [1.54, 1.807) is 6.92 Å². The lowest BCUT2D eigenvalue weighted by Gasteiger charge is -2.26. The van der Waals surface area contributed by atoms with E-state index in [1.807, 2.05) is 0 Å². The largest absolute Gasteiger partial charge is 0.398 e. The van der Waals surface area contributed by atoms with E-state index in [0.717, 1.165) is 12.1 Å². The average molecular weight is 355 g/mol. The van der Waals surface area contributed by atoms with Crippen LogP contribution in [-0.4, -0.2) is 25.7 Å². The van der Waals surface area contributed by atoms with E-state index in [9.17, 15) is 17.9 Å². The van der Waals surface area contributed by atoms with E-state index in [-0.39, 0.29) is 10.2 Å². The molecule has 1 aromatic rings. The van der Waals surface area contributed by atoms with Crippen LogP contribution < -0.4 is 10.5 Å². The molecule has 0 saturated heterocycles. The molecule has 0 aliphatic heterocycles. The van der Waals surface area contributed by atoms with Crippen molar-refractivity contribution in [2.24, 2.45) is 0 Å². The van der Waals surface area contributed by atoms with E-state index >= 15 is 0 Å². The number of nitrogens with two attached hydrogens (primary N) is 1. The van der Waals surface area contributed by atoms with Crippen molar-refractivity contribution in [1.82, 2.24) is 4.72 Å². The van der Waals surface area contributed by atoms with Crippen LogP contribution in [0.2, 0.25) is 0 Å². The second-order valence-corrected chi connectivity index (χ2v) is 6.99. The summed E-state index contributed by atoms with van der Waals surface area (Å²) >= 11 is 3.02. The molecule has 1 aromatic carbocycles. The smallest absolute Gasteiger partial charge is 0.244 e. The number of anilines is 1. The van der Waals surface area contributed by atoms with Crippen LogP contribution in [0.3, 0.4) is 0 Å². The van der Waals surface area contributed by atoms with Crippen LogP contribution in [0, 0.1) is 5.82 Å². The Morgan fingerprint density at radius 2 is 2.11 bits per heavy atom. The first-order valence-electron chi connectivity index (χ1n) is 5.54. The van der Waals surface area contributed by atoms with Crippen LogP contribution >= 0.6 is 15.9 Å². The number of hydrogen-bond acceptors (Lipinski definition) is 4. The normalized spacial score (nSPS) is 15.2. The quantitative estimate of drug-likeness (QED) is 0.700. The summed E-state index contributed by atoms with van der Waals surface area (Å²) in [6, 6.07) is 2.03. The summed E-state index contributed by atoms with van der Waals surface area (Å²) in [5.74, 6) is -0.912. The molecule has 0 radical (unpaired) electrons. The summed E-state index contributed by atoms with van der Waals surface area (Å²) in [5.41, 5.74) is 4.63. The Morgan fingerprint density at radius 1 is 1.53 bits per heavy atom. The predicted octanol–water partition coefficient (Wildman–Crippen LogP) is 1.61. The summed E-state index contributed by atoms with van der Waals surface area (Å²) in [7, 11) is -4.10. The maximum Gasteiger partial charge on any atom is 0.244 e. The minimum Gasteiger partial charge on any atom is -0.398 e. The third kappa shape index (κ3) is 3.65. The third-order valence-corrected chi connectivity index (χ3v) is 5.19. The Morgan fingerprint density at radius 3 is 2.58 bits per heavy atom. The van der Waals surface area contributed by atoms with E-state index in [4.69, 9.17) is 5.73 Å². The third-order valence-electron chi connectivity index (χ3n) is 2.85. The van der Waals surface area contributed by atoms with Gasteiger partial charge in [0.25, 0.3) is 0 Å². The Labute approximate surface area is 120 Å².